The molecule has 2 aliphatic rings. The third-order valence-corrected chi connectivity index (χ3v) is 8.52. The van der Waals surface area contributed by atoms with Crippen molar-refractivity contribution < 1.29 is 27.5 Å². The van der Waals surface area contributed by atoms with Crippen molar-refractivity contribution in [2.24, 2.45) is 17.8 Å². The van der Waals surface area contributed by atoms with E-state index in [4.69, 9.17) is 9.47 Å². The predicted octanol–water partition coefficient (Wildman–Crippen LogP) is 4.02. The molecule has 1 saturated carbocycles. The quantitative estimate of drug-likeness (QED) is 0.565. The maximum Gasteiger partial charge on any atom is 0.344 e. The van der Waals surface area contributed by atoms with Gasteiger partial charge in [0.25, 0.3) is 0 Å². The maximum absolute atomic E-state index is 12.7. The van der Waals surface area contributed by atoms with Gasteiger partial charge < -0.3 is 9.47 Å². The minimum atomic E-state index is -3.56. The Bertz CT molecular complexity index is 890. The van der Waals surface area contributed by atoms with Crippen molar-refractivity contribution in [3.63, 3.8) is 0 Å². The van der Waals surface area contributed by atoms with Crippen LogP contribution in [0.1, 0.15) is 69.7 Å². The van der Waals surface area contributed by atoms with Gasteiger partial charge in [0, 0.05) is 13.1 Å². The first kappa shape index (κ1) is 24.7. The number of esters is 2. The van der Waals surface area contributed by atoms with E-state index < -0.39 is 28.6 Å². The summed E-state index contributed by atoms with van der Waals surface area (Å²) >= 11 is 0. The molecule has 32 heavy (non-hydrogen) atoms. The van der Waals surface area contributed by atoms with Crippen LogP contribution in [0.2, 0.25) is 0 Å². The van der Waals surface area contributed by atoms with E-state index in [0.717, 1.165) is 38.5 Å². The molecule has 1 heterocycles. The van der Waals surface area contributed by atoms with Gasteiger partial charge in [0.05, 0.1) is 10.5 Å². The van der Waals surface area contributed by atoms with Crippen molar-refractivity contribution in [2.75, 3.05) is 19.7 Å². The fraction of sp³-hybridized carbons (Fsp3) is 0.667. The Kier molecular flexibility index (Phi) is 8.33. The van der Waals surface area contributed by atoms with Crippen LogP contribution in [0.4, 0.5) is 0 Å². The first-order valence-corrected chi connectivity index (χ1v) is 13.1. The third-order valence-electron chi connectivity index (χ3n) is 6.61. The lowest BCUT2D eigenvalue weighted by Gasteiger charge is -2.36. The molecule has 3 rings (SSSR count). The molecule has 1 aliphatic heterocycles. The molecule has 0 spiro atoms. The Morgan fingerprint density at radius 3 is 2.34 bits per heavy atom. The van der Waals surface area contributed by atoms with Crippen LogP contribution >= 0.6 is 0 Å². The van der Waals surface area contributed by atoms with Crippen LogP contribution in [0.15, 0.2) is 29.2 Å². The largest absolute Gasteiger partial charge is 0.460 e. The first-order valence-electron chi connectivity index (χ1n) is 11.6. The summed E-state index contributed by atoms with van der Waals surface area (Å²) in [4.78, 5) is 24.8. The van der Waals surface area contributed by atoms with Crippen molar-refractivity contribution in [3.05, 3.63) is 29.8 Å². The molecule has 3 atom stereocenters. The van der Waals surface area contributed by atoms with Gasteiger partial charge in [-0.1, -0.05) is 33.6 Å². The second kappa shape index (κ2) is 10.8. The van der Waals surface area contributed by atoms with Gasteiger partial charge in [0.2, 0.25) is 10.0 Å². The first-order chi connectivity index (χ1) is 15.2. The summed E-state index contributed by atoms with van der Waals surface area (Å²) in [7, 11) is -3.56. The molecule has 0 aromatic heterocycles. The van der Waals surface area contributed by atoms with Crippen LogP contribution in [0.25, 0.3) is 0 Å². The zero-order chi connectivity index (χ0) is 23.3. The number of carbonyl (C=O) groups excluding carboxylic acids is 2. The number of nitrogens with zero attached hydrogens (tertiary/aromatic N) is 1. The molecule has 1 aromatic rings. The van der Waals surface area contributed by atoms with Gasteiger partial charge in [0.15, 0.2) is 6.61 Å². The summed E-state index contributed by atoms with van der Waals surface area (Å²) in [6.45, 7) is 7.01. The number of hydrogen-bond donors (Lipinski definition) is 0. The van der Waals surface area contributed by atoms with Crippen molar-refractivity contribution in [1.82, 2.24) is 4.31 Å². The number of sulfonamides is 1. The maximum atomic E-state index is 12.7. The number of benzene rings is 1. The predicted molar refractivity (Wildman–Crippen MR) is 121 cm³/mol. The number of hydrogen-bond acceptors (Lipinski definition) is 6. The fourth-order valence-corrected chi connectivity index (χ4v) is 6.20. The molecular weight excluding hydrogens is 430 g/mol. The monoisotopic (exact) mass is 465 g/mol. The van der Waals surface area contributed by atoms with Gasteiger partial charge >= 0.3 is 11.9 Å². The smallest absolute Gasteiger partial charge is 0.344 e. The minimum absolute atomic E-state index is 0.149. The normalized spacial score (nSPS) is 24.8. The number of ether oxygens (including phenoxy) is 2. The Morgan fingerprint density at radius 1 is 1.06 bits per heavy atom. The van der Waals surface area contributed by atoms with E-state index >= 15 is 0 Å². The molecule has 0 N–H and O–H groups in total. The van der Waals surface area contributed by atoms with Crippen molar-refractivity contribution in [2.45, 2.75) is 70.3 Å². The van der Waals surface area contributed by atoms with Gasteiger partial charge in [-0.3, -0.25) is 0 Å². The van der Waals surface area contributed by atoms with Gasteiger partial charge in [0.1, 0.15) is 6.10 Å². The van der Waals surface area contributed by atoms with Crippen LogP contribution in [0.5, 0.6) is 0 Å². The van der Waals surface area contributed by atoms with Gasteiger partial charge in [-0.2, -0.15) is 4.31 Å². The Morgan fingerprint density at radius 2 is 1.72 bits per heavy atom. The summed E-state index contributed by atoms with van der Waals surface area (Å²) < 4.78 is 37.7. The molecular formula is C24H35NO6S. The van der Waals surface area contributed by atoms with Crippen LogP contribution in [-0.2, 0) is 24.3 Å². The molecule has 0 amide bonds. The van der Waals surface area contributed by atoms with Crippen LogP contribution in [0, 0.1) is 17.8 Å². The lowest BCUT2D eigenvalue weighted by Crippen LogP contribution is -2.36. The molecule has 0 bridgehead atoms. The summed E-state index contributed by atoms with van der Waals surface area (Å²) in [6, 6.07) is 5.66. The van der Waals surface area contributed by atoms with E-state index in [-0.39, 0.29) is 16.6 Å². The Balaban J connectivity index is 1.54. The zero-order valence-corrected chi connectivity index (χ0v) is 20.1. The topological polar surface area (TPSA) is 90.0 Å². The number of rotatable bonds is 7. The highest BCUT2D eigenvalue weighted by atomic mass is 32.2. The average molecular weight is 466 g/mol. The molecule has 178 valence electrons. The van der Waals surface area contributed by atoms with E-state index in [0.29, 0.717) is 30.8 Å². The number of carbonyl (C=O) groups is 2. The van der Waals surface area contributed by atoms with Gasteiger partial charge in [-0.05, 0) is 67.7 Å². The second-order valence-electron chi connectivity index (χ2n) is 9.42. The standard InChI is InChI=1S/C24H35NO6S/c1-17(2)21-12-7-18(3)15-22(21)31-23(26)16-30-24(27)19-8-10-20(11-9-19)32(28,29)25-13-5-4-6-14-25/h8-11,17-18,21-22H,4-7,12-16H2,1-3H3. The highest BCUT2D eigenvalue weighted by Crippen LogP contribution is 2.35. The van der Waals surface area contributed by atoms with E-state index in [1.807, 2.05) is 0 Å². The van der Waals surface area contributed by atoms with E-state index in [1.165, 1.54) is 28.6 Å². The summed E-state index contributed by atoms with van der Waals surface area (Å²) in [5.74, 6) is 0.0154. The molecule has 0 radical (unpaired) electrons. The van der Waals surface area contributed by atoms with Crippen molar-refractivity contribution in [1.29, 1.82) is 0 Å². The molecule has 3 unspecified atom stereocenters. The fourth-order valence-electron chi connectivity index (χ4n) is 4.68. The highest BCUT2D eigenvalue weighted by molar-refractivity contribution is 7.89. The van der Waals surface area contributed by atoms with Crippen LogP contribution < -0.4 is 0 Å². The average Bonchev–Trinajstić information content (AvgIpc) is 2.78. The molecule has 8 heteroatoms. The number of piperidine rings is 1. The lowest BCUT2D eigenvalue weighted by molar-refractivity contribution is -0.159. The van der Waals surface area contributed by atoms with Gasteiger partial charge in [-0.25, -0.2) is 18.0 Å². The van der Waals surface area contributed by atoms with Crippen LogP contribution in [-0.4, -0.2) is 50.5 Å². The van der Waals surface area contributed by atoms with Crippen LogP contribution in [0.3, 0.4) is 0 Å². The Hall–Kier alpha value is -1.93. The SMILES string of the molecule is CC1CCC(C(C)C)C(OC(=O)COC(=O)c2ccc(S(=O)(=O)N3CCCCC3)cc2)C1. The summed E-state index contributed by atoms with van der Waals surface area (Å²) in [6.07, 6.45) is 5.60. The zero-order valence-electron chi connectivity index (χ0n) is 19.3. The van der Waals surface area contributed by atoms with E-state index in [9.17, 15) is 18.0 Å². The molecule has 7 nitrogen and oxygen atoms in total. The molecule has 2 fully saturated rings. The molecule has 1 saturated heterocycles. The molecule has 1 aromatic carbocycles. The lowest BCUT2D eigenvalue weighted by atomic mass is 9.75. The van der Waals surface area contributed by atoms with Crippen molar-refractivity contribution >= 4 is 22.0 Å². The van der Waals surface area contributed by atoms with E-state index in [2.05, 4.69) is 20.8 Å². The summed E-state index contributed by atoms with van der Waals surface area (Å²) in [5.41, 5.74) is 0.196. The third kappa shape index (κ3) is 6.10. The van der Waals surface area contributed by atoms with E-state index in [1.54, 1.807) is 0 Å². The van der Waals surface area contributed by atoms with Gasteiger partial charge in [-0.15, -0.1) is 0 Å². The Labute approximate surface area is 191 Å². The minimum Gasteiger partial charge on any atom is -0.460 e. The molecule has 1 aliphatic carbocycles. The second-order valence-corrected chi connectivity index (χ2v) is 11.4. The van der Waals surface area contributed by atoms with Crippen molar-refractivity contribution in [3.8, 4) is 0 Å². The summed E-state index contributed by atoms with van der Waals surface area (Å²) in [5, 5.41) is 0. The highest BCUT2D eigenvalue weighted by Gasteiger charge is 2.33.